The van der Waals surface area contributed by atoms with E-state index in [0.717, 1.165) is 30.6 Å². The Kier molecular flexibility index (Phi) is 2.26. The Morgan fingerprint density at radius 3 is 2.76 bits per heavy atom. The second kappa shape index (κ2) is 3.57. The standard InChI is InChI=1S/C14H18N2O/c1-3-13-15-11-5-4-10(8-12(11)16(13)2)14(9-17)6-7-14/h4-5,8,17H,3,6-7,9H2,1-2H3. The zero-order valence-electron chi connectivity index (χ0n) is 10.4. The highest BCUT2D eigenvalue weighted by molar-refractivity contribution is 5.77. The fraction of sp³-hybridized carbons (Fsp3) is 0.500. The smallest absolute Gasteiger partial charge is 0.109 e. The largest absolute Gasteiger partial charge is 0.395 e. The van der Waals surface area contributed by atoms with Gasteiger partial charge in [0.2, 0.25) is 0 Å². The van der Waals surface area contributed by atoms with Crippen molar-refractivity contribution in [3.05, 3.63) is 29.6 Å². The number of aliphatic hydroxyl groups excluding tert-OH is 1. The molecule has 3 heteroatoms. The van der Waals surface area contributed by atoms with Crippen LogP contribution >= 0.6 is 0 Å². The van der Waals surface area contributed by atoms with Crippen LogP contribution in [0.3, 0.4) is 0 Å². The number of aliphatic hydroxyl groups is 1. The van der Waals surface area contributed by atoms with Crippen LogP contribution < -0.4 is 0 Å². The molecular formula is C14H18N2O. The van der Waals surface area contributed by atoms with Gasteiger partial charge in [0.1, 0.15) is 5.82 Å². The number of benzene rings is 1. The summed E-state index contributed by atoms with van der Waals surface area (Å²) in [5, 5.41) is 9.48. The SMILES string of the molecule is CCc1nc2ccc(C3(CO)CC3)cc2n1C. The van der Waals surface area contributed by atoms with Gasteiger partial charge in [0, 0.05) is 18.9 Å². The normalized spacial score (nSPS) is 17.6. The number of aromatic nitrogens is 2. The van der Waals surface area contributed by atoms with Crippen LogP contribution in [0.1, 0.15) is 31.2 Å². The molecular weight excluding hydrogens is 212 g/mol. The number of hydrogen-bond acceptors (Lipinski definition) is 2. The van der Waals surface area contributed by atoms with Crippen molar-refractivity contribution in [2.75, 3.05) is 6.61 Å². The molecule has 1 saturated carbocycles. The first-order valence-corrected chi connectivity index (χ1v) is 6.27. The van der Waals surface area contributed by atoms with Gasteiger partial charge in [0.15, 0.2) is 0 Å². The van der Waals surface area contributed by atoms with Crippen molar-refractivity contribution in [1.29, 1.82) is 0 Å². The molecule has 1 aliphatic rings. The van der Waals surface area contributed by atoms with E-state index in [1.165, 1.54) is 11.1 Å². The predicted molar refractivity (Wildman–Crippen MR) is 68.1 cm³/mol. The summed E-state index contributed by atoms with van der Waals surface area (Å²) in [5.74, 6) is 1.12. The van der Waals surface area contributed by atoms with Crippen LogP contribution in [-0.2, 0) is 18.9 Å². The number of nitrogens with zero attached hydrogens (tertiary/aromatic N) is 2. The van der Waals surface area contributed by atoms with Crippen molar-refractivity contribution >= 4 is 11.0 Å². The van der Waals surface area contributed by atoms with Gasteiger partial charge in [-0.25, -0.2) is 4.98 Å². The van der Waals surface area contributed by atoms with Crippen molar-refractivity contribution in [2.45, 2.75) is 31.6 Å². The molecule has 1 fully saturated rings. The van der Waals surface area contributed by atoms with Crippen molar-refractivity contribution in [3.8, 4) is 0 Å². The molecule has 0 radical (unpaired) electrons. The topological polar surface area (TPSA) is 38.1 Å². The van der Waals surface area contributed by atoms with Crippen LogP contribution in [0, 0.1) is 0 Å². The lowest BCUT2D eigenvalue weighted by atomic mass is 9.97. The Morgan fingerprint density at radius 1 is 1.41 bits per heavy atom. The molecule has 1 N–H and O–H groups in total. The molecule has 0 bridgehead atoms. The van der Waals surface area contributed by atoms with Crippen LogP contribution in [0.25, 0.3) is 11.0 Å². The molecule has 90 valence electrons. The monoisotopic (exact) mass is 230 g/mol. The Hall–Kier alpha value is -1.35. The van der Waals surface area contributed by atoms with E-state index in [0.29, 0.717) is 0 Å². The molecule has 3 nitrogen and oxygen atoms in total. The third-order valence-corrected chi connectivity index (χ3v) is 4.06. The molecule has 0 amide bonds. The van der Waals surface area contributed by atoms with E-state index in [1.807, 2.05) is 0 Å². The summed E-state index contributed by atoms with van der Waals surface area (Å²) in [5.41, 5.74) is 3.55. The number of imidazole rings is 1. The highest BCUT2D eigenvalue weighted by Crippen LogP contribution is 2.48. The van der Waals surface area contributed by atoms with E-state index < -0.39 is 0 Å². The average Bonchev–Trinajstić information content (AvgIpc) is 3.10. The first-order chi connectivity index (χ1) is 8.20. The van der Waals surface area contributed by atoms with Crippen LogP contribution in [0.5, 0.6) is 0 Å². The summed E-state index contributed by atoms with van der Waals surface area (Å²) in [6.45, 7) is 2.38. The maximum absolute atomic E-state index is 9.48. The summed E-state index contributed by atoms with van der Waals surface area (Å²) in [4.78, 5) is 4.60. The molecule has 0 saturated heterocycles. The van der Waals surface area contributed by atoms with Gasteiger partial charge in [-0.15, -0.1) is 0 Å². The maximum Gasteiger partial charge on any atom is 0.109 e. The highest BCUT2D eigenvalue weighted by atomic mass is 16.3. The molecule has 3 rings (SSSR count). The van der Waals surface area contributed by atoms with Crippen molar-refractivity contribution in [2.24, 2.45) is 7.05 Å². The number of fused-ring (bicyclic) bond motifs is 1. The van der Waals surface area contributed by atoms with Gasteiger partial charge in [-0.05, 0) is 30.5 Å². The van der Waals surface area contributed by atoms with Gasteiger partial charge >= 0.3 is 0 Å². The summed E-state index contributed by atoms with van der Waals surface area (Å²) in [6.07, 6.45) is 3.16. The fourth-order valence-corrected chi connectivity index (χ4v) is 2.57. The zero-order valence-corrected chi connectivity index (χ0v) is 10.4. The van der Waals surface area contributed by atoms with E-state index >= 15 is 0 Å². The molecule has 1 aromatic carbocycles. The van der Waals surface area contributed by atoms with Crippen LogP contribution in [0.15, 0.2) is 18.2 Å². The molecule has 0 aliphatic heterocycles. The molecule has 1 aliphatic carbocycles. The van der Waals surface area contributed by atoms with E-state index in [1.54, 1.807) is 0 Å². The maximum atomic E-state index is 9.48. The van der Waals surface area contributed by atoms with Gasteiger partial charge in [0.25, 0.3) is 0 Å². The summed E-state index contributed by atoms with van der Waals surface area (Å²) in [7, 11) is 2.07. The van der Waals surface area contributed by atoms with E-state index in [9.17, 15) is 5.11 Å². The minimum absolute atomic E-state index is 0.0465. The third-order valence-electron chi connectivity index (χ3n) is 4.06. The van der Waals surface area contributed by atoms with Gasteiger partial charge in [-0.2, -0.15) is 0 Å². The van der Waals surface area contributed by atoms with E-state index in [4.69, 9.17) is 0 Å². The lowest BCUT2D eigenvalue weighted by molar-refractivity contribution is 0.255. The molecule has 2 aromatic rings. The number of hydrogen-bond donors (Lipinski definition) is 1. The minimum atomic E-state index is 0.0465. The summed E-state index contributed by atoms with van der Waals surface area (Å²) >= 11 is 0. The Balaban J connectivity index is 2.15. The van der Waals surface area contributed by atoms with Crippen molar-refractivity contribution in [1.82, 2.24) is 9.55 Å². The number of aryl methyl sites for hydroxylation is 2. The fourth-order valence-electron chi connectivity index (χ4n) is 2.57. The first kappa shape index (κ1) is 10.8. The van der Waals surface area contributed by atoms with Gasteiger partial charge in [0.05, 0.1) is 17.6 Å². The molecule has 1 aromatic heterocycles. The van der Waals surface area contributed by atoms with Gasteiger partial charge < -0.3 is 9.67 Å². The number of rotatable bonds is 3. The van der Waals surface area contributed by atoms with Crippen LogP contribution in [0.4, 0.5) is 0 Å². The average molecular weight is 230 g/mol. The third kappa shape index (κ3) is 1.49. The summed E-state index contributed by atoms with van der Waals surface area (Å²) < 4.78 is 2.16. The molecule has 17 heavy (non-hydrogen) atoms. The lowest BCUT2D eigenvalue weighted by Crippen LogP contribution is -2.11. The zero-order chi connectivity index (χ0) is 12.0. The van der Waals surface area contributed by atoms with Crippen molar-refractivity contribution < 1.29 is 5.11 Å². The quantitative estimate of drug-likeness (QED) is 0.877. The molecule has 1 heterocycles. The van der Waals surface area contributed by atoms with Gasteiger partial charge in [-0.3, -0.25) is 0 Å². The molecule has 0 unspecified atom stereocenters. The minimum Gasteiger partial charge on any atom is -0.395 e. The van der Waals surface area contributed by atoms with Gasteiger partial charge in [-0.1, -0.05) is 13.0 Å². The lowest BCUT2D eigenvalue weighted by Gasteiger charge is -2.12. The Bertz CT molecular complexity index is 567. The van der Waals surface area contributed by atoms with Crippen LogP contribution in [-0.4, -0.2) is 21.3 Å². The Morgan fingerprint density at radius 2 is 2.18 bits per heavy atom. The van der Waals surface area contributed by atoms with Crippen molar-refractivity contribution in [3.63, 3.8) is 0 Å². The molecule has 0 spiro atoms. The second-order valence-electron chi connectivity index (χ2n) is 5.08. The second-order valence-corrected chi connectivity index (χ2v) is 5.08. The van der Waals surface area contributed by atoms with Crippen LogP contribution in [0.2, 0.25) is 0 Å². The van der Waals surface area contributed by atoms with E-state index in [2.05, 4.69) is 41.7 Å². The van der Waals surface area contributed by atoms with E-state index in [-0.39, 0.29) is 12.0 Å². The summed E-state index contributed by atoms with van der Waals surface area (Å²) in [6, 6.07) is 6.41. The Labute approximate surface area is 101 Å². The first-order valence-electron chi connectivity index (χ1n) is 6.27. The predicted octanol–water partition coefficient (Wildman–Crippen LogP) is 2.16. The molecule has 0 atom stereocenters. The highest BCUT2D eigenvalue weighted by Gasteiger charge is 2.43.